The Labute approximate surface area is 132 Å². The summed E-state index contributed by atoms with van der Waals surface area (Å²) in [6, 6.07) is 3.61. The summed E-state index contributed by atoms with van der Waals surface area (Å²) in [5.41, 5.74) is 4.08. The predicted molar refractivity (Wildman–Crippen MR) is 88.1 cm³/mol. The van der Waals surface area contributed by atoms with E-state index in [4.69, 9.17) is 0 Å². The Balaban J connectivity index is 2.09. The number of ketones is 1. The Morgan fingerprint density at radius 3 is 2.71 bits per heavy atom. The van der Waals surface area contributed by atoms with Crippen LogP contribution in [0.1, 0.15) is 13.8 Å². The van der Waals surface area contributed by atoms with Crippen LogP contribution in [-0.4, -0.2) is 34.5 Å². The lowest BCUT2D eigenvalue weighted by atomic mass is 10.1. The molecular weight excluding hydrogens is 332 g/mol. The number of anilines is 1. The quantitative estimate of drug-likeness (QED) is 0.656. The fourth-order valence-electron chi connectivity index (χ4n) is 1.96. The number of halogens is 1. The molecule has 0 saturated carbocycles. The van der Waals surface area contributed by atoms with Crippen LogP contribution in [0.15, 0.2) is 51.8 Å². The van der Waals surface area contributed by atoms with Gasteiger partial charge in [-0.05, 0) is 38.1 Å². The number of likely N-dealkylation sites (N-methyl/N-ethyl adjacent to an activating group) is 1. The van der Waals surface area contributed by atoms with E-state index in [0.29, 0.717) is 11.5 Å². The lowest BCUT2D eigenvalue weighted by Crippen LogP contribution is -2.25. The summed E-state index contributed by atoms with van der Waals surface area (Å²) in [5.74, 6) is 0.471. The van der Waals surface area contributed by atoms with E-state index in [2.05, 4.69) is 50.2 Å². The van der Waals surface area contributed by atoms with Crippen LogP contribution in [-0.2, 0) is 4.79 Å². The summed E-state index contributed by atoms with van der Waals surface area (Å²) in [6.07, 6.45) is 6.90. The third-order valence-corrected chi connectivity index (χ3v) is 3.58. The summed E-state index contributed by atoms with van der Waals surface area (Å²) >= 11 is 3.36. The van der Waals surface area contributed by atoms with E-state index < -0.39 is 0 Å². The van der Waals surface area contributed by atoms with Crippen LogP contribution in [0.4, 0.5) is 5.82 Å². The minimum Gasteiger partial charge on any atom is -0.372 e. The van der Waals surface area contributed by atoms with Gasteiger partial charge in [0.1, 0.15) is 11.5 Å². The number of rotatable bonds is 5. The Bertz CT molecular complexity index is 618. The van der Waals surface area contributed by atoms with Crippen molar-refractivity contribution < 1.29 is 4.79 Å². The Hall–Kier alpha value is -1.95. The van der Waals surface area contributed by atoms with Crippen molar-refractivity contribution in [3.8, 4) is 0 Å². The van der Waals surface area contributed by atoms with E-state index in [1.165, 1.54) is 0 Å². The molecule has 0 spiro atoms. The smallest absolute Gasteiger partial charge is 0.208 e. The van der Waals surface area contributed by atoms with Crippen molar-refractivity contribution >= 4 is 33.2 Å². The van der Waals surface area contributed by atoms with E-state index in [1.807, 2.05) is 12.1 Å². The van der Waals surface area contributed by atoms with Gasteiger partial charge in [-0.1, -0.05) is 15.9 Å². The lowest BCUT2D eigenvalue weighted by Gasteiger charge is -2.23. The molecule has 0 bridgehead atoms. The molecular formula is C15H17BrN4O. The Morgan fingerprint density at radius 2 is 2.10 bits per heavy atom. The summed E-state index contributed by atoms with van der Waals surface area (Å²) in [5, 5.41) is 4.10. The van der Waals surface area contributed by atoms with Crippen molar-refractivity contribution in [2.75, 3.05) is 18.5 Å². The van der Waals surface area contributed by atoms with Gasteiger partial charge in [0.2, 0.25) is 5.78 Å². The van der Waals surface area contributed by atoms with Crippen LogP contribution in [0, 0.1) is 0 Å². The minimum absolute atomic E-state index is 0.109. The highest BCUT2D eigenvalue weighted by Crippen LogP contribution is 2.14. The first-order valence-electron chi connectivity index (χ1n) is 6.78. The van der Waals surface area contributed by atoms with Crippen molar-refractivity contribution in [2.24, 2.45) is 5.10 Å². The summed E-state index contributed by atoms with van der Waals surface area (Å²) in [4.78, 5) is 18.3. The molecule has 0 amide bonds. The third kappa shape index (κ3) is 4.01. The second-order valence-corrected chi connectivity index (χ2v) is 5.32. The average Bonchev–Trinajstić information content (AvgIpc) is 2.48. The van der Waals surface area contributed by atoms with Crippen molar-refractivity contribution in [3.05, 3.63) is 46.7 Å². The van der Waals surface area contributed by atoms with Gasteiger partial charge in [-0.3, -0.25) is 10.2 Å². The molecule has 0 radical (unpaired) electrons. The van der Waals surface area contributed by atoms with Gasteiger partial charge in [0.25, 0.3) is 0 Å². The van der Waals surface area contributed by atoms with Crippen LogP contribution in [0.25, 0.3) is 0 Å². The third-order valence-electron chi connectivity index (χ3n) is 3.08. The van der Waals surface area contributed by atoms with Gasteiger partial charge in [0, 0.05) is 35.5 Å². The number of hydrogen-bond donors (Lipinski definition) is 1. The van der Waals surface area contributed by atoms with E-state index >= 15 is 0 Å². The maximum atomic E-state index is 12.1. The second kappa shape index (κ2) is 7.17. The molecule has 1 aromatic heterocycles. The standard InChI is InChI=1S/C15H17BrN4O/c1-3-20(4-2)12-5-6-13(14(21)10-12)18-19-15-9-11(16)7-8-17-15/h5-10H,3-4H2,1-2H3,(H,17,19). The number of allylic oxidation sites excluding steroid dienone is 3. The zero-order chi connectivity index (χ0) is 15.2. The lowest BCUT2D eigenvalue weighted by molar-refractivity contribution is -0.108. The van der Waals surface area contributed by atoms with E-state index in [-0.39, 0.29) is 5.78 Å². The van der Waals surface area contributed by atoms with E-state index in [1.54, 1.807) is 24.4 Å². The normalized spacial score (nSPS) is 16.0. The Kier molecular flexibility index (Phi) is 5.27. The molecule has 0 aliphatic heterocycles. The zero-order valence-electron chi connectivity index (χ0n) is 12.0. The number of hydrogen-bond acceptors (Lipinski definition) is 5. The monoisotopic (exact) mass is 348 g/mol. The zero-order valence-corrected chi connectivity index (χ0v) is 13.6. The van der Waals surface area contributed by atoms with Crippen LogP contribution < -0.4 is 5.43 Å². The number of pyridine rings is 1. The largest absolute Gasteiger partial charge is 0.372 e. The van der Waals surface area contributed by atoms with Gasteiger partial charge in [-0.25, -0.2) is 4.98 Å². The van der Waals surface area contributed by atoms with Crippen molar-refractivity contribution in [1.82, 2.24) is 9.88 Å². The number of carbonyl (C=O) groups excluding carboxylic acids is 1. The highest BCUT2D eigenvalue weighted by Gasteiger charge is 2.15. The highest BCUT2D eigenvalue weighted by molar-refractivity contribution is 9.10. The molecule has 0 unspecified atom stereocenters. The molecule has 1 aromatic rings. The molecule has 21 heavy (non-hydrogen) atoms. The molecule has 0 fully saturated rings. The maximum absolute atomic E-state index is 12.1. The van der Waals surface area contributed by atoms with Crippen LogP contribution in [0.3, 0.4) is 0 Å². The summed E-state index contributed by atoms with van der Waals surface area (Å²) in [7, 11) is 0. The number of carbonyl (C=O) groups is 1. The molecule has 6 heteroatoms. The van der Waals surface area contributed by atoms with Crippen LogP contribution >= 0.6 is 15.9 Å². The number of hydrazone groups is 1. The first-order valence-corrected chi connectivity index (χ1v) is 7.57. The molecule has 2 rings (SSSR count). The molecule has 0 atom stereocenters. The van der Waals surface area contributed by atoms with Crippen LogP contribution in [0.2, 0.25) is 0 Å². The van der Waals surface area contributed by atoms with Crippen molar-refractivity contribution in [1.29, 1.82) is 0 Å². The molecule has 1 heterocycles. The fraction of sp³-hybridized carbons (Fsp3) is 0.267. The van der Waals surface area contributed by atoms with Gasteiger partial charge in [-0.15, -0.1) is 0 Å². The first-order chi connectivity index (χ1) is 10.1. The minimum atomic E-state index is -0.109. The number of nitrogens with one attached hydrogen (secondary N) is 1. The van der Waals surface area contributed by atoms with Crippen LogP contribution in [0.5, 0.6) is 0 Å². The average molecular weight is 349 g/mol. The summed E-state index contributed by atoms with van der Waals surface area (Å²) < 4.78 is 0.898. The molecule has 0 aromatic carbocycles. The Morgan fingerprint density at radius 1 is 1.33 bits per heavy atom. The molecule has 5 nitrogen and oxygen atoms in total. The van der Waals surface area contributed by atoms with Crippen molar-refractivity contribution in [3.63, 3.8) is 0 Å². The number of nitrogens with zero attached hydrogens (tertiary/aromatic N) is 3. The molecule has 1 aliphatic rings. The molecule has 0 saturated heterocycles. The molecule has 110 valence electrons. The van der Waals surface area contributed by atoms with Gasteiger partial charge < -0.3 is 4.90 Å². The van der Waals surface area contributed by atoms with Gasteiger partial charge in [0.05, 0.1) is 0 Å². The van der Waals surface area contributed by atoms with E-state index in [0.717, 1.165) is 23.3 Å². The number of aromatic nitrogens is 1. The molecule has 1 N–H and O–H groups in total. The summed E-state index contributed by atoms with van der Waals surface area (Å²) in [6.45, 7) is 5.86. The predicted octanol–water partition coefficient (Wildman–Crippen LogP) is 2.98. The van der Waals surface area contributed by atoms with E-state index in [9.17, 15) is 4.79 Å². The highest BCUT2D eigenvalue weighted by atomic mass is 79.9. The van der Waals surface area contributed by atoms with Gasteiger partial charge in [-0.2, -0.15) is 5.10 Å². The maximum Gasteiger partial charge on any atom is 0.208 e. The van der Waals surface area contributed by atoms with Gasteiger partial charge in [0.15, 0.2) is 0 Å². The fourth-order valence-corrected chi connectivity index (χ4v) is 2.30. The second-order valence-electron chi connectivity index (χ2n) is 4.41. The molecule has 1 aliphatic carbocycles. The van der Waals surface area contributed by atoms with Crippen molar-refractivity contribution in [2.45, 2.75) is 13.8 Å². The van der Waals surface area contributed by atoms with Gasteiger partial charge >= 0.3 is 0 Å². The first kappa shape index (κ1) is 15.4. The topological polar surface area (TPSA) is 57.6 Å². The SMILES string of the molecule is CCN(CC)C1=CC(=O)C(=NNc2cc(Br)ccn2)C=C1.